The number of fused-ring (bicyclic) bond motifs is 1. The Bertz CT molecular complexity index is 1390. The highest BCUT2D eigenvalue weighted by molar-refractivity contribution is 5.94. The van der Waals surface area contributed by atoms with Crippen LogP contribution >= 0.6 is 0 Å². The number of rotatable bonds is 10. The maximum absolute atomic E-state index is 13.9. The van der Waals surface area contributed by atoms with Crippen LogP contribution in [0.2, 0.25) is 0 Å². The lowest BCUT2D eigenvalue weighted by atomic mass is 9.78. The molecule has 3 amide bonds. The Morgan fingerprint density at radius 3 is 2.57 bits per heavy atom. The maximum atomic E-state index is 13.9. The average Bonchev–Trinajstić information content (AvgIpc) is 3.02. The van der Waals surface area contributed by atoms with E-state index in [4.69, 9.17) is 9.47 Å². The van der Waals surface area contributed by atoms with Gasteiger partial charge in [0.25, 0.3) is 5.91 Å². The van der Waals surface area contributed by atoms with Crippen LogP contribution in [-0.4, -0.2) is 78.2 Å². The Morgan fingerprint density at radius 2 is 1.86 bits per heavy atom. The van der Waals surface area contributed by atoms with Crippen LogP contribution in [0.25, 0.3) is 17.0 Å². The van der Waals surface area contributed by atoms with E-state index in [1.165, 1.54) is 5.01 Å². The van der Waals surface area contributed by atoms with Crippen LogP contribution in [0.15, 0.2) is 36.4 Å². The summed E-state index contributed by atoms with van der Waals surface area (Å²) in [4.78, 5) is 57.3. The topological polar surface area (TPSA) is 139 Å². The van der Waals surface area contributed by atoms with E-state index in [0.29, 0.717) is 45.4 Å². The molecule has 3 atom stereocenters. The molecule has 2 saturated heterocycles. The number of esters is 1. The molecule has 3 heterocycles. The van der Waals surface area contributed by atoms with Crippen molar-refractivity contribution in [3.63, 3.8) is 0 Å². The molecule has 1 aromatic heterocycles. The predicted molar refractivity (Wildman–Crippen MR) is 167 cm³/mol. The summed E-state index contributed by atoms with van der Waals surface area (Å²) in [5, 5.41) is 8.17. The van der Waals surface area contributed by atoms with Crippen LogP contribution in [0.3, 0.4) is 0 Å². The van der Waals surface area contributed by atoms with Gasteiger partial charge in [-0.05, 0) is 70.1 Å². The van der Waals surface area contributed by atoms with E-state index >= 15 is 0 Å². The summed E-state index contributed by atoms with van der Waals surface area (Å²) < 4.78 is 10.7. The van der Waals surface area contributed by atoms with Crippen LogP contribution < -0.4 is 16.1 Å². The summed E-state index contributed by atoms with van der Waals surface area (Å²) >= 11 is 0. The number of carbonyl (C=O) groups is 4. The molecular weight excluding hydrogens is 562 g/mol. The lowest BCUT2D eigenvalue weighted by molar-refractivity contribution is -0.152. The molecule has 0 radical (unpaired) electrons. The third-order valence-corrected chi connectivity index (χ3v) is 8.28. The number of hydrogen-bond acceptors (Lipinski definition) is 8. The molecule has 2 fully saturated rings. The van der Waals surface area contributed by atoms with Gasteiger partial charge in [-0.25, -0.2) is 5.43 Å². The van der Waals surface area contributed by atoms with E-state index in [1.54, 1.807) is 13.8 Å². The summed E-state index contributed by atoms with van der Waals surface area (Å²) in [6.07, 6.45) is 6.00. The van der Waals surface area contributed by atoms with E-state index in [9.17, 15) is 19.2 Å². The Morgan fingerprint density at radius 1 is 1.14 bits per heavy atom. The Kier molecular flexibility index (Phi) is 11.1. The SMILES string of the molecule is CCOC(=O)[C@@H]1CCCN(C(=O)[C@H](C)NC(=O)[C@@H](NC(=O)C2(/C=C/c3ccc4ccc(C)nc4c3)CCOCC2)C(C)C)N1. The van der Waals surface area contributed by atoms with Crippen LogP contribution in [0, 0.1) is 18.3 Å². The van der Waals surface area contributed by atoms with E-state index in [1.807, 2.05) is 63.3 Å². The van der Waals surface area contributed by atoms with Crippen molar-refractivity contribution in [2.24, 2.45) is 11.3 Å². The monoisotopic (exact) mass is 607 g/mol. The summed E-state index contributed by atoms with van der Waals surface area (Å²) in [7, 11) is 0. The molecule has 1 aromatic carbocycles. The summed E-state index contributed by atoms with van der Waals surface area (Å²) in [5.74, 6) is -1.72. The fraction of sp³-hybridized carbons (Fsp3) is 0.545. The fourth-order valence-corrected chi connectivity index (χ4v) is 5.58. The van der Waals surface area contributed by atoms with Crippen LogP contribution in [-0.2, 0) is 28.7 Å². The molecule has 11 heteroatoms. The first-order valence-electron chi connectivity index (χ1n) is 15.5. The van der Waals surface area contributed by atoms with E-state index < -0.39 is 35.4 Å². The highest BCUT2D eigenvalue weighted by atomic mass is 16.5. The molecule has 2 aliphatic rings. The van der Waals surface area contributed by atoms with Gasteiger partial charge >= 0.3 is 5.97 Å². The van der Waals surface area contributed by atoms with Crippen molar-refractivity contribution in [3.8, 4) is 0 Å². The van der Waals surface area contributed by atoms with Crippen molar-refractivity contribution in [1.29, 1.82) is 0 Å². The van der Waals surface area contributed by atoms with Gasteiger partial charge in [-0.1, -0.05) is 44.2 Å². The molecular formula is C33H45N5O6. The highest BCUT2D eigenvalue weighted by Crippen LogP contribution is 2.34. The molecule has 0 bridgehead atoms. The number of ether oxygens (including phenoxy) is 2. The Balaban J connectivity index is 1.44. The van der Waals surface area contributed by atoms with E-state index in [0.717, 1.165) is 22.2 Å². The minimum absolute atomic E-state index is 0.238. The van der Waals surface area contributed by atoms with Crippen molar-refractivity contribution in [1.82, 2.24) is 26.1 Å². The van der Waals surface area contributed by atoms with Gasteiger partial charge in [-0.15, -0.1) is 0 Å². The zero-order valence-corrected chi connectivity index (χ0v) is 26.4. The molecule has 238 valence electrons. The summed E-state index contributed by atoms with van der Waals surface area (Å²) in [5.41, 5.74) is 4.81. The molecule has 3 N–H and O–H groups in total. The summed E-state index contributed by atoms with van der Waals surface area (Å²) in [6, 6.07) is 7.66. The Hall–Kier alpha value is -3.83. The van der Waals surface area contributed by atoms with Crippen molar-refractivity contribution >= 4 is 40.7 Å². The first-order valence-corrected chi connectivity index (χ1v) is 15.5. The second-order valence-corrected chi connectivity index (χ2v) is 12.0. The number of nitrogens with zero attached hydrogens (tertiary/aromatic N) is 2. The van der Waals surface area contributed by atoms with Crippen LogP contribution in [0.1, 0.15) is 64.6 Å². The molecule has 11 nitrogen and oxygen atoms in total. The molecule has 2 aromatic rings. The second-order valence-electron chi connectivity index (χ2n) is 12.0. The minimum atomic E-state index is -0.879. The van der Waals surface area contributed by atoms with Gasteiger partial charge in [0.2, 0.25) is 11.8 Å². The van der Waals surface area contributed by atoms with Crippen molar-refractivity contribution in [2.45, 2.75) is 78.4 Å². The molecule has 0 unspecified atom stereocenters. The van der Waals surface area contributed by atoms with Gasteiger partial charge in [-0.2, -0.15) is 0 Å². The van der Waals surface area contributed by atoms with Gasteiger partial charge in [-0.3, -0.25) is 29.2 Å². The third-order valence-electron chi connectivity index (χ3n) is 8.28. The van der Waals surface area contributed by atoms with Gasteiger partial charge in [0.15, 0.2) is 0 Å². The van der Waals surface area contributed by atoms with E-state index in [-0.39, 0.29) is 24.3 Å². The quantitative estimate of drug-likeness (QED) is 0.351. The molecule has 44 heavy (non-hydrogen) atoms. The number of hydrazine groups is 1. The first kappa shape index (κ1) is 33.1. The number of carbonyl (C=O) groups excluding carboxylic acids is 4. The number of amides is 3. The molecule has 0 aliphatic carbocycles. The maximum Gasteiger partial charge on any atom is 0.324 e. The normalized spacial score (nSPS) is 19.9. The van der Waals surface area contributed by atoms with Crippen LogP contribution in [0.4, 0.5) is 0 Å². The van der Waals surface area contributed by atoms with Gasteiger partial charge in [0, 0.05) is 30.8 Å². The van der Waals surface area contributed by atoms with Gasteiger partial charge < -0.3 is 20.1 Å². The largest absolute Gasteiger partial charge is 0.465 e. The lowest BCUT2D eigenvalue weighted by Crippen LogP contribution is -2.61. The van der Waals surface area contributed by atoms with Gasteiger partial charge in [0.1, 0.15) is 18.1 Å². The van der Waals surface area contributed by atoms with Crippen molar-refractivity contribution in [2.75, 3.05) is 26.4 Å². The molecule has 0 saturated carbocycles. The number of benzene rings is 1. The second kappa shape index (κ2) is 14.8. The predicted octanol–water partition coefficient (Wildman–Crippen LogP) is 3.06. The zero-order chi connectivity index (χ0) is 31.9. The number of aromatic nitrogens is 1. The Labute approximate surface area is 259 Å². The average molecular weight is 608 g/mol. The number of aryl methyl sites for hydroxylation is 1. The highest BCUT2D eigenvalue weighted by Gasteiger charge is 2.40. The molecule has 2 aliphatic heterocycles. The number of pyridine rings is 1. The molecule has 0 spiro atoms. The third kappa shape index (κ3) is 8.00. The van der Waals surface area contributed by atoms with Gasteiger partial charge in [0.05, 0.1) is 17.5 Å². The van der Waals surface area contributed by atoms with E-state index in [2.05, 4.69) is 21.0 Å². The first-order chi connectivity index (χ1) is 21.0. The number of hydrogen-bond donors (Lipinski definition) is 3. The molecule has 4 rings (SSSR count). The lowest BCUT2D eigenvalue weighted by Gasteiger charge is -2.36. The fourth-order valence-electron chi connectivity index (χ4n) is 5.58. The zero-order valence-electron chi connectivity index (χ0n) is 26.4. The standard InChI is InChI=1S/C33H45N5O6/c1-6-44-31(41)26-8-7-17-38(37-26)30(40)23(5)35-29(39)28(21(2)3)36-32(42)33(15-18-43-19-16-33)14-13-24-10-12-25-11-9-22(4)34-27(25)20-24/h9-14,20-21,23,26,28,37H,6-8,15-19H2,1-5H3,(H,35,39)(H,36,42)/b14-13+/t23-,26-,28-/m0/s1. The van der Waals surface area contributed by atoms with Crippen molar-refractivity contribution < 1.29 is 28.7 Å². The van der Waals surface area contributed by atoms with Crippen LogP contribution in [0.5, 0.6) is 0 Å². The van der Waals surface area contributed by atoms with Crippen molar-refractivity contribution in [3.05, 3.63) is 47.7 Å². The number of nitrogens with one attached hydrogen (secondary N) is 3. The minimum Gasteiger partial charge on any atom is -0.465 e. The summed E-state index contributed by atoms with van der Waals surface area (Å²) in [6.45, 7) is 10.5. The smallest absolute Gasteiger partial charge is 0.324 e.